The third-order valence-electron chi connectivity index (χ3n) is 4.74. The molecule has 3 aromatic carbocycles. The van der Waals surface area contributed by atoms with Gasteiger partial charge in [-0.25, -0.2) is 4.79 Å². The first kappa shape index (κ1) is 19.6. The number of Topliss-reactive ketones (excluding diaryl/α,β-unsaturated/α-hetero) is 2. The molecule has 1 N–H and O–H groups in total. The van der Waals surface area contributed by atoms with Gasteiger partial charge in [-0.3, -0.25) is 9.59 Å². The number of hydrogen-bond donors (Lipinski definition) is 1. The van der Waals surface area contributed by atoms with Gasteiger partial charge in [0.2, 0.25) is 0 Å². The zero-order valence-electron chi connectivity index (χ0n) is 15.6. The highest BCUT2D eigenvalue weighted by Gasteiger charge is 2.32. The fourth-order valence-corrected chi connectivity index (χ4v) is 3.49. The smallest absolute Gasteiger partial charge is 0.335 e. The summed E-state index contributed by atoms with van der Waals surface area (Å²) >= 11 is 6.31. The van der Waals surface area contributed by atoms with E-state index in [0.717, 1.165) is 0 Å². The summed E-state index contributed by atoms with van der Waals surface area (Å²) in [4.78, 5) is 36.1. The molecule has 6 heteroatoms. The van der Waals surface area contributed by atoms with Crippen molar-refractivity contribution in [3.05, 3.63) is 105 Å². The second-order valence-corrected chi connectivity index (χ2v) is 7.15. The molecule has 0 aromatic heterocycles. The molecular weight excluding hydrogens is 404 g/mol. The molecule has 4 rings (SSSR count). The Hall–Kier alpha value is -3.70. The van der Waals surface area contributed by atoms with Crippen LogP contribution in [0.3, 0.4) is 0 Å². The maximum Gasteiger partial charge on any atom is 0.335 e. The van der Waals surface area contributed by atoms with Gasteiger partial charge in [0.1, 0.15) is 12.4 Å². The molecule has 0 saturated carbocycles. The number of rotatable bonds is 5. The highest BCUT2D eigenvalue weighted by Crippen LogP contribution is 2.31. The quantitative estimate of drug-likeness (QED) is 0.461. The molecule has 30 heavy (non-hydrogen) atoms. The number of benzene rings is 3. The zero-order valence-corrected chi connectivity index (χ0v) is 16.3. The van der Waals surface area contributed by atoms with Gasteiger partial charge in [-0.05, 0) is 41.5 Å². The maximum atomic E-state index is 12.5. The number of fused-ring (bicyclic) bond motifs is 1. The molecule has 0 atom stereocenters. The van der Waals surface area contributed by atoms with E-state index < -0.39 is 5.97 Å². The summed E-state index contributed by atoms with van der Waals surface area (Å²) in [7, 11) is 0. The molecule has 5 nitrogen and oxygen atoms in total. The van der Waals surface area contributed by atoms with Gasteiger partial charge in [-0.2, -0.15) is 0 Å². The first-order chi connectivity index (χ1) is 14.4. The predicted molar refractivity (Wildman–Crippen MR) is 112 cm³/mol. The third-order valence-corrected chi connectivity index (χ3v) is 5.04. The minimum atomic E-state index is -1.01. The van der Waals surface area contributed by atoms with Crippen molar-refractivity contribution in [1.82, 2.24) is 0 Å². The summed E-state index contributed by atoms with van der Waals surface area (Å²) in [6, 6.07) is 18.1. The van der Waals surface area contributed by atoms with Gasteiger partial charge in [0.05, 0.1) is 16.2 Å². The predicted octanol–water partition coefficient (Wildman–Crippen LogP) is 5.08. The van der Waals surface area contributed by atoms with Gasteiger partial charge >= 0.3 is 5.97 Å². The van der Waals surface area contributed by atoms with Gasteiger partial charge < -0.3 is 9.84 Å². The lowest BCUT2D eigenvalue weighted by molar-refractivity contribution is 0.0696. The van der Waals surface area contributed by atoms with E-state index in [-0.39, 0.29) is 29.3 Å². The molecule has 1 aliphatic rings. The Labute approximate surface area is 177 Å². The van der Waals surface area contributed by atoms with Crippen molar-refractivity contribution in [2.24, 2.45) is 0 Å². The maximum absolute atomic E-state index is 12.5. The van der Waals surface area contributed by atoms with Crippen LogP contribution in [-0.4, -0.2) is 22.6 Å². The van der Waals surface area contributed by atoms with Crippen molar-refractivity contribution >= 4 is 35.2 Å². The van der Waals surface area contributed by atoms with Gasteiger partial charge in [0.15, 0.2) is 11.6 Å². The topological polar surface area (TPSA) is 80.7 Å². The van der Waals surface area contributed by atoms with Crippen LogP contribution in [0.15, 0.2) is 72.3 Å². The molecule has 0 aliphatic heterocycles. The van der Waals surface area contributed by atoms with Crippen molar-refractivity contribution in [1.29, 1.82) is 0 Å². The van der Waals surface area contributed by atoms with Crippen LogP contribution in [0.1, 0.15) is 42.2 Å². The van der Waals surface area contributed by atoms with E-state index in [2.05, 4.69) is 0 Å². The molecular formula is C24H15ClO5. The first-order valence-corrected chi connectivity index (χ1v) is 9.46. The average molecular weight is 419 g/mol. The lowest BCUT2D eigenvalue weighted by Gasteiger charge is -2.09. The highest BCUT2D eigenvalue weighted by molar-refractivity contribution is 6.41. The Balaban J connectivity index is 1.52. The van der Waals surface area contributed by atoms with Crippen molar-refractivity contribution in [3.8, 4) is 5.75 Å². The standard InChI is InChI=1S/C24H15ClO5/c25-20-12-14(11-19-22(26)17-6-1-2-7-18(17)23(19)27)8-9-21(20)30-13-15-4-3-5-16(10-15)24(28)29/h1-12H,13H2,(H,28,29). The number of halogens is 1. The monoisotopic (exact) mass is 418 g/mol. The van der Waals surface area contributed by atoms with E-state index in [0.29, 0.717) is 33.0 Å². The molecule has 0 unspecified atom stereocenters. The third kappa shape index (κ3) is 3.75. The lowest BCUT2D eigenvalue weighted by atomic mass is 10.1. The average Bonchev–Trinajstić information content (AvgIpc) is 2.98. The normalized spacial score (nSPS) is 12.6. The molecule has 0 amide bonds. The van der Waals surface area contributed by atoms with Gasteiger partial charge in [0.25, 0.3) is 0 Å². The summed E-state index contributed by atoms with van der Waals surface area (Å²) in [5, 5.41) is 9.38. The summed E-state index contributed by atoms with van der Waals surface area (Å²) < 4.78 is 5.70. The number of carboxylic acid groups (broad SMARTS) is 1. The SMILES string of the molecule is O=C(O)c1cccc(COc2ccc(C=C3C(=O)c4ccccc4C3=O)cc2Cl)c1. The van der Waals surface area contributed by atoms with Gasteiger partial charge in [0, 0.05) is 11.1 Å². The largest absolute Gasteiger partial charge is 0.487 e. The summed E-state index contributed by atoms with van der Waals surface area (Å²) in [5.41, 5.74) is 2.39. The second kappa shape index (κ2) is 7.97. The summed E-state index contributed by atoms with van der Waals surface area (Å²) in [6.07, 6.45) is 1.52. The summed E-state index contributed by atoms with van der Waals surface area (Å²) in [6.45, 7) is 0.146. The number of ether oxygens (including phenoxy) is 1. The molecule has 0 radical (unpaired) electrons. The van der Waals surface area contributed by atoms with Crippen LogP contribution in [0.2, 0.25) is 5.02 Å². The Morgan fingerprint density at radius 1 is 0.933 bits per heavy atom. The molecule has 0 bridgehead atoms. The second-order valence-electron chi connectivity index (χ2n) is 6.75. The van der Waals surface area contributed by atoms with E-state index in [1.165, 1.54) is 18.2 Å². The van der Waals surface area contributed by atoms with Crippen LogP contribution in [0, 0.1) is 0 Å². The van der Waals surface area contributed by atoms with E-state index in [1.807, 2.05) is 0 Å². The first-order valence-electron chi connectivity index (χ1n) is 9.09. The number of hydrogen-bond acceptors (Lipinski definition) is 4. The molecule has 0 spiro atoms. The van der Waals surface area contributed by atoms with Crippen molar-refractivity contribution < 1.29 is 24.2 Å². The Kier molecular flexibility index (Phi) is 5.21. The van der Waals surface area contributed by atoms with Crippen LogP contribution in [0.4, 0.5) is 0 Å². The van der Waals surface area contributed by atoms with Crippen molar-refractivity contribution in [3.63, 3.8) is 0 Å². The van der Waals surface area contributed by atoms with Crippen LogP contribution < -0.4 is 4.74 Å². The Bertz CT molecular complexity index is 1190. The number of ketones is 2. The molecule has 1 aliphatic carbocycles. The number of carbonyl (C=O) groups is 3. The van der Waals surface area contributed by atoms with Crippen LogP contribution in [-0.2, 0) is 6.61 Å². The van der Waals surface area contributed by atoms with E-state index >= 15 is 0 Å². The summed E-state index contributed by atoms with van der Waals surface area (Å²) in [5.74, 6) is -1.20. The zero-order chi connectivity index (χ0) is 21.3. The minimum Gasteiger partial charge on any atom is -0.487 e. The molecule has 0 fully saturated rings. The molecule has 0 saturated heterocycles. The highest BCUT2D eigenvalue weighted by atomic mass is 35.5. The van der Waals surface area contributed by atoms with E-state index in [4.69, 9.17) is 21.4 Å². The van der Waals surface area contributed by atoms with Crippen molar-refractivity contribution in [2.75, 3.05) is 0 Å². The fraction of sp³-hybridized carbons (Fsp3) is 0.0417. The van der Waals surface area contributed by atoms with Gasteiger partial charge in [-0.15, -0.1) is 0 Å². The molecule has 148 valence electrons. The van der Waals surface area contributed by atoms with E-state index in [1.54, 1.807) is 54.6 Å². The number of allylic oxidation sites excluding steroid dienone is 1. The van der Waals surface area contributed by atoms with Crippen LogP contribution in [0.25, 0.3) is 6.08 Å². The Morgan fingerprint density at radius 2 is 1.63 bits per heavy atom. The molecule has 0 heterocycles. The van der Waals surface area contributed by atoms with Gasteiger partial charge in [-0.1, -0.05) is 54.1 Å². The minimum absolute atomic E-state index is 0.103. The fourth-order valence-electron chi connectivity index (χ4n) is 3.25. The van der Waals surface area contributed by atoms with Crippen LogP contribution in [0.5, 0.6) is 5.75 Å². The molecule has 3 aromatic rings. The lowest BCUT2D eigenvalue weighted by Crippen LogP contribution is -2.01. The van der Waals surface area contributed by atoms with E-state index in [9.17, 15) is 14.4 Å². The number of carboxylic acids is 1. The Morgan fingerprint density at radius 3 is 2.27 bits per heavy atom. The van der Waals surface area contributed by atoms with Crippen LogP contribution >= 0.6 is 11.6 Å². The van der Waals surface area contributed by atoms with Crippen molar-refractivity contribution in [2.45, 2.75) is 6.61 Å². The number of aromatic carboxylic acids is 1. The number of carbonyl (C=O) groups excluding carboxylic acids is 2.